The summed E-state index contributed by atoms with van der Waals surface area (Å²) in [7, 11) is -4.00. The molecule has 8 heteroatoms. The van der Waals surface area contributed by atoms with E-state index >= 15 is 0 Å². The Morgan fingerprint density at radius 1 is 1.50 bits per heavy atom. The molecule has 1 aromatic carbocycles. The van der Waals surface area contributed by atoms with Gasteiger partial charge < -0.3 is 5.11 Å². The molecular formula is C12H15ClFNO4S. The molecule has 5 nitrogen and oxygen atoms in total. The molecule has 0 aromatic heterocycles. The van der Waals surface area contributed by atoms with Crippen molar-refractivity contribution in [3.05, 3.63) is 34.6 Å². The lowest BCUT2D eigenvalue weighted by atomic mass is 10.2. The molecule has 0 amide bonds. The van der Waals surface area contributed by atoms with Crippen molar-refractivity contribution >= 4 is 27.6 Å². The van der Waals surface area contributed by atoms with Gasteiger partial charge >= 0.3 is 5.97 Å². The molecular weight excluding hydrogens is 309 g/mol. The van der Waals surface area contributed by atoms with Crippen molar-refractivity contribution in [3.8, 4) is 0 Å². The third kappa shape index (κ3) is 4.73. The summed E-state index contributed by atoms with van der Waals surface area (Å²) in [4.78, 5) is 10.9. The number of carboxylic acids is 1. The van der Waals surface area contributed by atoms with Crippen molar-refractivity contribution < 1.29 is 22.7 Å². The Labute approximate surface area is 121 Å². The van der Waals surface area contributed by atoms with Gasteiger partial charge in [0.25, 0.3) is 0 Å². The summed E-state index contributed by atoms with van der Waals surface area (Å²) in [6, 6.07) is 2.60. The zero-order chi connectivity index (χ0) is 15.3. The van der Waals surface area contributed by atoms with Crippen LogP contribution in [0.4, 0.5) is 4.39 Å². The van der Waals surface area contributed by atoms with Crippen molar-refractivity contribution in [1.29, 1.82) is 0 Å². The Kier molecular flexibility index (Phi) is 5.91. The van der Waals surface area contributed by atoms with Gasteiger partial charge in [-0.05, 0) is 18.6 Å². The molecule has 0 radical (unpaired) electrons. The maximum Gasteiger partial charge on any atom is 0.321 e. The number of carboxylic acid groups (broad SMARTS) is 1. The first-order valence-corrected chi connectivity index (χ1v) is 7.95. The molecule has 0 bridgehead atoms. The third-order valence-electron chi connectivity index (χ3n) is 2.59. The van der Waals surface area contributed by atoms with E-state index in [4.69, 9.17) is 16.7 Å². The third-order valence-corrected chi connectivity index (χ3v) is 4.26. The van der Waals surface area contributed by atoms with Gasteiger partial charge in [0, 0.05) is 10.6 Å². The fourth-order valence-corrected chi connectivity index (χ4v) is 3.36. The van der Waals surface area contributed by atoms with Crippen molar-refractivity contribution in [3.63, 3.8) is 0 Å². The fraction of sp³-hybridized carbons (Fsp3) is 0.417. The van der Waals surface area contributed by atoms with E-state index in [1.54, 1.807) is 6.92 Å². The summed E-state index contributed by atoms with van der Waals surface area (Å²) in [6.45, 7) is 1.73. The van der Waals surface area contributed by atoms with Gasteiger partial charge in [0.05, 0.1) is 5.75 Å². The van der Waals surface area contributed by atoms with Gasteiger partial charge in [-0.2, -0.15) is 0 Å². The minimum Gasteiger partial charge on any atom is -0.480 e. The highest BCUT2D eigenvalue weighted by atomic mass is 35.5. The van der Waals surface area contributed by atoms with Crippen LogP contribution < -0.4 is 4.72 Å². The summed E-state index contributed by atoms with van der Waals surface area (Å²) >= 11 is 5.75. The van der Waals surface area contributed by atoms with Gasteiger partial charge in [-0.15, -0.1) is 0 Å². The molecule has 0 heterocycles. The first-order valence-electron chi connectivity index (χ1n) is 5.92. The number of benzene rings is 1. The smallest absolute Gasteiger partial charge is 0.321 e. The average molecular weight is 324 g/mol. The molecule has 1 rings (SSSR count). The minimum absolute atomic E-state index is 0.0160. The second kappa shape index (κ2) is 7.01. The summed E-state index contributed by atoms with van der Waals surface area (Å²) in [5.74, 6) is -2.72. The largest absolute Gasteiger partial charge is 0.480 e. The quantitative estimate of drug-likeness (QED) is 0.805. The lowest BCUT2D eigenvalue weighted by Crippen LogP contribution is -2.41. The molecule has 0 spiro atoms. The Balaban J connectivity index is 2.92. The van der Waals surface area contributed by atoms with Gasteiger partial charge in [-0.1, -0.05) is 31.0 Å². The molecule has 0 aliphatic carbocycles. The Morgan fingerprint density at radius 2 is 2.15 bits per heavy atom. The van der Waals surface area contributed by atoms with Gasteiger partial charge in [0.1, 0.15) is 11.9 Å². The van der Waals surface area contributed by atoms with E-state index in [0.717, 1.165) is 6.07 Å². The number of aliphatic carboxylic acids is 1. The first kappa shape index (κ1) is 16.9. The number of hydrogen-bond acceptors (Lipinski definition) is 3. The predicted molar refractivity (Wildman–Crippen MR) is 73.5 cm³/mol. The normalized spacial score (nSPS) is 13.2. The van der Waals surface area contributed by atoms with Crippen LogP contribution in [0, 0.1) is 5.82 Å². The zero-order valence-corrected chi connectivity index (χ0v) is 12.3. The lowest BCUT2D eigenvalue weighted by molar-refractivity contribution is -0.139. The maximum atomic E-state index is 13.5. The highest BCUT2D eigenvalue weighted by molar-refractivity contribution is 7.88. The van der Waals surface area contributed by atoms with Crippen LogP contribution in [0.25, 0.3) is 0 Å². The Morgan fingerprint density at radius 3 is 2.65 bits per heavy atom. The topological polar surface area (TPSA) is 83.5 Å². The van der Waals surface area contributed by atoms with Crippen LogP contribution in [0.3, 0.4) is 0 Å². The van der Waals surface area contributed by atoms with E-state index in [1.165, 1.54) is 12.1 Å². The number of carbonyl (C=O) groups is 1. The average Bonchev–Trinajstić information content (AvgIpc) is 2.33. The summed E-state index contributed by atoms with van der Waals surface area (Å²) in [5, 5.41) is 8.90. The number of rotatable bonds is 7. The summed E-state index contributed by atoms with van der Waals surface area (Å²) < 4.78 is 39.4. The minimum atomic E-state index is -4.00. The van der Waals surface area contributed by atoms with Crippen LogP contribution in [0.2, 0.25) is 5.02 Å². The molecule has 0 saturated heterocycles. The van der Waals surface area contributed by atoms with Gasteiger partial charge in [-0.25, -0.2) is 17.5 Å². The number of halogens is 2. The second-order valence-electron chi connectivity index (χ2n) is 4.26. The van der Waals surface area contributed by atoms with Gasteiger partial charge in [-0.3, -0.25) is 4.79 Å². The van der Waals surface area contributed by atoms with Crippen LogP contribution in [0.15, 0.2) is 18.2 Å². The monoisotopic (exact) mass is 323 g/mol. The predicted octanol–water partition coefficient (Wildman–Crippen LogP) is 2.15. The van der Waals surface area contributed by atoms with Crippen LogP contribution in [-0.2, 0) is 20.6 Å². The molecule has 0 aliphatic heterocycles. The molecule has 1 atom stereocenters. The van der Waals surface area contributed by atoms with Crippen LogP contribution in [0.1, 0.15) is 25.3 Å². The Bertz CT molecular complexity index is 571. The number of nitrogens with one attached hydrogen (secondary N) is 1. The number of sulfonamides is 1. The summed E-state index contributed by atoms with van der Waals surface area (Å²) in [5.41, 5.74) is -0.178. The van der Waals surface area contributed by atoms with Crippen LogP contribution >= 0.6 is 11.6 Å². The molecule has 20 heavy (non-hydrogen) atoms. The highest BCUT2D eigenvalue weighted by Crippen LogP contribution is 2.21. The Hall–Kier alpha value is -1.18. The first-order chi connectivity index (χ1) is 9.26. The molecule has 0 fully saturated rings. The van der Waals surface area contributed by atoms with E-state index in [2.05, 4.69) is 0 Å². The standard InChI is InChI=1S/C12H15ClFNO4S/c1-2-4-11(12(16)17)15-20(18,19)7-8-9(13)5-3-6-10(8)14/h3,5-6,11,15H,2,4,7H2,1H3,(H,16,17). The SMILES string of the molecule is CCCC(NS(=O)(=O)Cc1c(F)cccc1Cl)C(=O)O. The van der Waals surface area contributed by atoms with Crippen molar-refractivity contribution in [2.45, 2.75) is 31.6 Å². The van der Waals surface area contributed by atoms with E-state index in [9.17, 15) is 17.6 Å². The second-order valence-corrected chi connectivity index (χ2v) is 6.42. The van der Waals surface area contributed by atoms with Gasteiger partial charge in [0.2, 0.25) is 10.0 Å². The molecule has 2 N–H and O–H groups in total. The summed E-state index contributed by atoms with van der Waals surface area (Å²) in [6.07, 6.45) is 0.652. The zero-order valence-electron chi connectivity index (χ0n) is 10.8. The number of hydrogen-bond donors (Lipinski definition) is 2. The fourth-order valence-electron chi connectivity index (χ4n) is 1.64. The van der Waals surface area contributed by atoms with Gasteiger partial charge in [0.15, 0.2) is 0 Å². The van der Waals surface area contributed by atoms with Crippen molar-refractivity contribution in [1.82, 2.24) is 4.72 Å². The molecule has 1 aromatic rings. The van der Waals surface area contributed by atoms with E-state index in [-0.39, 0.29) is 17.0 Å². The van der Waals surface area contributed by atoms with Crippen LogP contribution in [-0.4, -0.2) is 25.5 Å². The van der Waals surface area contributed by atoms with E-state index in [1.807, 2.05) is 4.72 Å². The van der Waals surface area contributed by atoms with Crippen molar-refractivity contribution in [2.75, 3.05) is 0 Å². The molecule has 0 aliphatic rings. The maximum absolute atomic E-state index is 13.5. The molecule has 0 saturated carbocycles. The van der Waals surface area contributed by atoms with Crippen molar-refractivity contribution in [2.24, 2.45) is 0 Å². The molecule has 1 unspecified atom stereocenters. The van der Waals surface area contributed by atoms with E-state index in [0.29, 0.717) is 6.42 Å². The lowest BCUT2D eigenvalue weighted by Gasteiger charge is -2.14. The molecule has 112 valence electrons. The van der Waals surface area contributed by atoms with Crippen LogP contribution in [0.5, 0.6) is 0 Å². The highest BCUT2D eigenvalue weighted by Gasteiger charge is 2.25. The van der Waals surface area contributed by atoms with E-state index < -0.39 is 33.6 Å².